The Bertz CT molecular complexity index is 1110. The van der Waals surface area contributed by atoms with E-state index in [2.05, 4.69) is 10.3 Å². The summed E-state index contributed by atoms with van der Waals surface area (Å²) in [4.78, 5) is 14.0. The number of H-pyrrole nitrogens is 1. The summed E-state index contributed by atoms with van der Waals surface area (Å²) < 4.78 is 40.2. The number of aliphatic carboxylic acids is 1. The summed E-state index contributed by atoms with van der Waals surface area (Å²) in [5.74, 6) is -5.19. The molecule has 0 spiro atoms. The zero-order valence-electron chi connectivity index (χ0n) is 17.2. The molecule has 0 amide bonds. The summed E-state index contributed by atoms with van der Waals surface area (Å²) in [6.07, 6.45) is -2.93. The molecule has 2 aromatic rings. The number of aliphatic hydroxyl groups is 3. The Kier molecular flexibility index (Phi) is 6.53. The van der Waals surface area contributed by atoms with Gasteiger partial charge in [0.05, 0.1) is 12.6 Å². The van der Waals surface area contributed by atoms with Crippen LogP contribution in [0.4, 0.5) is 8.78 Å². The van der Waals surface area contributed by atoms with Gasteiger partial charge in [0.25, 0.3) is 0 Å². The zero-order chi connectivity index (χ0) is 23.9. The highest BCUT2D eigenvalue weighted by molar-refractivity contribution is 7.71. The van der Waals surface area contributed by atoms with Crippen molar-refractivity contribution in [1.29, 1.82) is 0 Å². The summed E-state index contributed by atoms with van der Waals surface area (Å²) in [6, 6.07) is 1.70. The third kappa shape index (κ3) is 4.52. The molecule has 13 heteroatoms. The molecule has 1 fully saturated rings. The van der Waals surface area contributed by atoms with E-state index in [-0.39, 0.29) is 31.5 Å². The average molecular weight is 487 g/mol. The van der Waals surface area contributed by atoms with Gasteiger partial charge in [-0.2, -0.15) is 0 Å². The zero-order valence-corrected chi connectivity index (χ0v) is 18.0. The lowest BCUT2D eigenvalue weighted by atomic mass is 10.0. The molecule has 33 heavy (non-hydrogen) atoms. The van der Waals surface area contributed by atoms with E-state index in [1.807, 2.05) is 0 Å². The van der Waals surface area contributed by atoms with Gasteiger partial charge in [0.1, 0.15) is 24.6 Å². The molecule has 5 atom stereocenters. The number of fused-ring (bicyclic) bond motifs is 1. The van der Waals surface area contributed by atoms with E-state index in [1.54, 1.807) is 10.8 Å². The second-order valence-electron chi connectivity index (χ2n) is 8.08. The number of nitrogens with zero attached hydrogens (tertiary/aromatic N) is 1. The number of aromatic nitrogens is 2. The molecule has 1 aromatic heterocycles. The van der Waals surface area contributed by atoms with Crippen molar-refractivity contribution in [2.45, 2.75) is 43.0 Å². The van der Waals surface area contributed by atoms with E-state index in [0.717, 1.165) is 11.8 Å². The van der Waals surface area contributed by atoms with Crippen molar-refractivity contribution < 1.29 is 43.5 Å². The number of rotatable bonds is 7. The van der Waals surface area contributed by atoms with Crippen molar-refractivity contribution in [1.82, 2.24) is 14.9 Å². The maximum atomic E-state index is 13.9. The van der Waals surface area contributed by atoms with Gasteiger partial charge < -0.3 is 44.8 Å². The first-order valence-corrected chi connectivity index (χ1v) is 10.6. The standard InChI is InChI=1S/C20H23F2N3O7S/c21-10-3-9-4-12(7-31-15(9)13(22)5-10)25-11(6-24-19(25)33)1-2-23-8-20(30)17(27)14(26)16(32-20)18(28)29/h3,5-6,12,14,16-17,23,26-27,30H,1-2,4,7-8H2,(H,24,33)(H,28,29)/t12-,14?,16?,17?,20?/m1/s1. The van der Waals surface area contributed by atoms with Gasteiger partial charge in [-0.1, -0.05) is 0 Å². The van der Waals surface area contributed by atoms with Crippen LogP contribution in [0.2, 0.25) is 0 Å². The number of ether oxygens (including phenoxy) is 2. The summed E-state index contributed by atoms with van der Waals surface area (Å²) in [6.45, 7) is 0.0707. The molecule has 2 aliphatic heterocycles. The molecule has 6 N–H and O–H groups in total. The maximum absolute atomic E-state index is 13.9. The van der Waals surface area contributed by atoms with E-state index in [9.17, 15) is 28.9 Å². The first-order chi connectivity index (χ1) is 15.6. The molecule has 2 aliphatic rings. The number of hydrogen-bond acceptors (Lipinski definition) is 8. The van der Waals surface area contributed by atoms with Crippen LogP contribution in [-0.2, 0) is 22.4 Å². The van der Waals surface area contributed by atoms with Crippen molar-refractivity contribution >= 4 is 18.2 Å². The number of carboxylic acids is 1. The molecule has 4 rings (SSSR count). The second kappa shape index (κ2) is 9.08. The van der Waals surface area contributed by atoms with Gasteiger partial charge in [-0.15, -0.1) is 0 Å². The summed E-state index contributed by atoms with van der Waals surface area (Å²) in [7, 11) is 0. The lowest BCUT2D eigenvalue weighted by Crippen LogP contribution is -2.50. The Hall–Kier alpha value is -2.42. The van der Waals surface area contributed by atoms with Crippen LogP contribution < -0.4 is 10.1 Å². The van der Waals surface area contributed by atoms with Gasteiger partial charge >= 0.3 is 5.97 Å². The van der Waals surface area contributed by atoms with Gasteiger partial charge in [-0.05, 0) is 18.3 Å². The highest BCUT2D eigenvalue weighted by Gasteiger charge is 2.55. The van der Waals surface area contributed by atoms with Gasteiger partial charge in [0.15, 0.2) is 22.4 Å². The minimum Gasteiger partial charge on any atom is -0.488 e. The number of benzene rings is 1. The molecule has 1 aromatic carbocycles. The molecule has 0 saturated carbocycles. The third-order valence-electron chi connectivity index (χ3n) is 5.82. The maximum Gasteiger partial charge on any atom is 0.335 e. The number of carbonyl (C=O) groups is 1. The Morgan fingerprint density at radius 1 is 1.36 bits per heavy atom. The van der Waals surface area contributed by atoms with Crippen molar-refractivity contribution in [3.05, 3.63) is 46.0 Å². The summed E-state index contributed by atoms with van der Waals surface area (Å²) in [5.41, 5.74) is 1.15. The second-order valence-corrected chi connectivity index (χ2v) is 8.47. The largest absolute Gasteiger partial charge is 0.488 e. The molecule has 0 aliphatic carbocycles. The van der Waals surface area contributed by atoms with E-state index in [1.165, 1.54) is 6.07 Å². The monoisotopic (exact) mass is 487 g/mol. The fourth-order valence-corrected chi connectivity index (χ4v) is 4.54. The predicted octanol–water partition coefficient (Wildman–Crippen LogP) is 0.0260. The summed E-state index contributed by atoms with van der Waals surface area (Å²) in [5, 5.41) is 42.0. The minimum absolute atomic E-state index is 0.0307. The van der Waals surface area contributed by atoms with Crippen LogP contribution in [0.5, 0.6) is 5.75 Å². The molecule has 180 valence electrons. The number of halogens is 2. The number of carboxylic acid groups (broad SMARTS) is 1. The fourth-order valence-electron chi connectivity index (χ4n) is 4.21. The van der Waals surface area contributed by atoms with Crippen LogP contribution >= 0.6 is 12.2 Å². The molecular formula is C20H23F2N3O7S. The first-order valence-electron chi connectivity index (χ1n) is 10.2. The number of nitrogens with one attached hydrogen (secondary N) is 2. The Morgan fingerprint density at radius 3 is 2.82 bits per heavy atom. The Labute approximate surface area is 191 Å². The molecule has 1 saturated heterocycles. The van der Waals surface area contributed by atoms with Crippen molar-refractivity contribution in [2.75, 3.05) is 19.7 Å². The first kappa shape index (κ1) is 23.7. The van der Waals surface area contributed by atoms with Crippen LogP contribution in [0.3, 0.4) is 0 Å². The Balaban J connectivity index is 1.39. The highest BCUT2D eigenvalue weighted by atomic mass is 32.1. The topological polar surface area (TPSA) is 149 Å². The van der Waals surface area contributed by atoms with Gasteiger partial charge in [0, 0.05) is 42.9 Å². The normalized spacial score (nSPS) is 29.0. The number of imidazole rings is 1. The SMILES string of the molecule is O=C(O)C1OC(O)(CNCCc2c[nH]c(=S)n2[C@H]2COc3c(F)cc(F)cc3C2)C(O)C1O. The third-order valence-corrected chi connectivity index (χ3v) is 6.14. The van der Waals surface area contributed by atoms with E-state index >= 15 is 0 Å². The van der Waals surface area contributed by atoms with Crippen LogP contribution in [0, 0.1) is 16.4 Å². The lowest BCUT2D eigenvalue weighted by molar-refractivity contribution is -0.226. The van der Waals surface area contributed by atoms with E-state index < -0.39 is 41.7 Å². The number of aliphatic hydroxyl groups excluding tert-OH is 2. The van der Waals surface area contributed by atoms with Crippen LogP contribution in [0.15, 0.2) is 18.3 Å². The molecule has 3 heterocycles. The number of hydrogen-bond donors (Lipinski definition) is 6. The average Bonchev–Trinajstić information content (AvgIpc) is 3.23. The van der Waals surface area contributed by atoms with Crippen LogP contribution in [0.1, 0.15) is 17.3 Å². The lowest BCUT2D eigenvalue weighted by Gasteiger charge is -2.28. The fraction of sp³-hybridized carbons (Fsp3) is 0.500. The van der Waals surface area contributed by atoms with Gasteiger partial charge in [0.2, 0.25) is 5.79 Å². The molecular weight excluding hydrogens is 464 g/mol. The smallest absolute Gasteiger partial charge is 0.335 e. The van der Waals surface area contributed by atoms with Gasteiger partial charge in [-0.25, -0.2) is 13.6 Å². The van der Waals surface area contributed by atoms with Crippen molar-refractivity contribution in [3.8, 4) is 5.75 Å². The number of aromatic amines is 1. The van der Waals surface area contributed by atoms with Crippen LogP contribution in [0.25, 0.3) is 0 Å². The Morgan fingerprint density at radius 2 is 2.12 bits per heavy atom. The van der Waals surface area contributed by atoms with Crippen LogP contribution in [-0.4, -0.2) is 79.7 Å². The predicted molar refractivity (Wildman–Crippen MR) is 110 cm³/mol. The van der Waals surface area contributed by atoms with E-state index in [4.69, 9.17) is 26.8 Å². The quantitative estimate of drug-likeness (QED) is 0.235. The van der Waals surface area contributed by atoms with Crippen molar-refractivity contribution in [2.24, 2.45) is 0 Å². The van der Waals surface area contributed by atoms with Crippen molar-refractivity contribution in [3.63, 3.8) is 0 Å². The minimum atomic E-state index is -2.27. The molecule has 0 bridgehead atoms. The van der Waals surface area contributed by atoms with Gasteiger partial charge in [-0.3, -0.25) is 0 Å². The summed E-state index contributed by atoms with van der Waals surface area (Å²) >= 11 is 5.36. The molecule has 0 radical (unpaired) electrons. The van der Waals surface area contributed by atoms with E-state index in [0.29, 0.717) is 23.2 Å². The molecule has 4 unspecified atom stereocenters. The molecule has 10 nitrogen and oxygen atoms in total. The highest BCUT2D eigenvalue weighted by Crippen LogP contribution is 2.33.